The molecule has 4 unspecified atom stereocenters. The summed E-state index contributed by atoms with van der Waals surface area (Å²) in [5, 5.41) is 13.5. The number of nitrogens with zero attached hydrogens (tertiary/aromatic N) is 1. The Labute approximate surface area is 99.2 Å². The van der Waals surface area contributed by atoms with Crippen molar-refractivity contribution in [3.63, 3.8) is 0 Å². The van der Waals surface area contributed by atoms with E-state index >= 15 is 0 Å². The third-order valence-electron chi connectivity index (χ3n) is 4.74. The SMILES string of the molecule is CC1CN(C)CCC1NC1CC(O)C1(C)C. The standard InChI is InChI=1S/C13H26N2O/c1-9-8-15(4)6-5-10(9)14-11-7-12(16)13(11,2)3/h9-12,14,16H,5-8H2,1-4H3. The molecule has 94 valence electrons. The van der Waals surface area contributed by atoms with Gasteiger partial charge in [0.2, 0.25) is 0 Å². The summed E-state index contributed by atoms with van der Waals surface area (Å²) in [5.74, 6) is 0.715. The minimum absolute atomic E-state index is 0.0586. The van der Waals surface area contributed by atoms with E-state index in [1.54, 1.807) is 0 Å². The van der Waals surface area contributed by atoms with Gasteiger partial charge < -0.3 is 15.3 Å². The van der Waals surface area contributed by atoms with Crippen LogP contribution >= 0.6 is 0 Å². The van der Waals surface area contributed by atoms with Crippen molar-refractivity contribution >= 4 is 0 Å². The Balaban J connectivity index is 1.86. The predicted molar refractivity (Wildman–Crippen MR) is 66.4 cm³/mol. The van der Waals surface area contributed by atoms with E-state index in [1.165, 1.54) is 19.5 Å². The summed E-state index contributed by atoms with van der Waals surface area (Å²) < 4.78 is 0. The van der Waals surface area contributed by atoms with Gasteiger partial charge in [-0.25, -0.2) is 0 Å². The number of likely N-dealkylation sites (tertiary alicyclic amines) is 1. The van der Waals surface area contributed by atoms with Crippen LogP contribution in [0.1, 0.15) is 33.6 Å². The fourth-order valence-electron chi connectivity index (χ4n) is 3.05. The van der Waals surface area contributed by atoms with E-state index in [-0.39, 0.29) is 11.5 Å². The first kappa shape index (κ1) is 12.3. The van der Waals surface area contributed by atoms with E-state index in [0.29, 0.717) is 18.0 Å². The molecule has 1 heterocycles. The fraction of sp³-hybridized carbons (Fsp3) is 1.00. The van der Waals surface area contributed by atoms with E-state index in [2.05, 4.69) is 38.0 Å². The lowest BCUT2D eigenvalue weighted by atomic mass is 9.64. The van der Waals surface area contributed by atoms with Crippen molar-refractivity contribution in [1.82, 2.24) is 10.2 Å². The highest BCUT2D eigenvalue weighted by Gasteiger charge is 2.48. The molecule has 1 saturated heterocycles. The lowest BCUT2D eigenvalue weighted by Gasteiger charge is -2.52. The molecule has 0 aromatic rings. The van der Waals surface area contributed by atoms with Crippen LogP contribution in [0.5, 0.6) is 0 Å². The number of piperidine rings is 1. The fourth-order valence-corrected chi connectivity index (χ4v) is 3.05. The topological polar surface area (TPSA) is 35.5 Å². The van der Waals surface area contributed by atoms with E-state index in [1.807, 2.05) is 0 Å². The van der Waals surface area contributed by atoms with Gasteiger partial charge in [0, 0.05) is 24.0 Å². The van der Waals surface area contributed by atoms with Crippen molar-refractivity contribution in [2.24, 2.45) is 11.3 Å². The highest BCUT2D eigenvalue weighted by molar-refractivity contribution is 5.03. The van der Waals surface area contributed by atoms with Crippen molar-refractivity contribution in [3.8, 4) is 0 Å². The Morgan fingerprint density at radius 3 is 2.56 bits per heavy atom. The summed E-state index contributed by atoms with van der Waals surface area (Å²) in [5.41, 5.74) is 0.0586. The second kappa shape index (κ2) is 4.28. The van der Waals surface area contributed by atoms with Crippen molar-refractivity contribution in [2.45, 2.75) is 51.8 Å². The van der Waals surface area contributed by atoms with Crippen LogP contribution in [0.2, 0.25) is 0 Å². The highest BCUT2D eigenvalue weighted by Crippen LogP contribution is 2.41. The van der Waals surface area contributed by atoms with Crippen molar-refractivity contribution in [2.75, 3.05) is 20.1 Å². The maximum absolute atomic E-state index is 9.74. The molecule has 2 fully saturated rings. The zero-order valence-corrected chi connectivity index (χ0v) is 11.0. The minimum Gasteiger partial charge on any atom is -0.392 e. The van der Waals surface area contributed by atoms with E-state index in [4.69, 9.17) is 0 Å². The third-order valence-corrected chi connectivity index (χ3v) is 4.74. The molecule has 4 atom stereocenters. The minimum atomic E-state index is -0.119. The molecule has 1 aliphatic heterocycles. The van der Waals surface area contributed by atoms with Crippen LogP contribution in [0.25, 0.3) is 0 Å². The van der Waals surface area contributed by atoms with Gasteiger partial charge >= 0.3 is 0 Å². The van der Waals surface area contributed by atoms with Crippen LogP contribution in [0.15, 0.2) is 0 Å². The number of aliphatic hydroxyl groups is 1. The van der Waals surface area contributed by atoms with Crippen LogP contribution in [0.3, 0.4) is 0 Å². The molecule has 1 saturated carbocycles. The lowest BCUT2D eigenvalue weighted by Crippen LogP contribution is -2.64. The maximum atomic E-state index is 9.74. The predicted octanol–water partition coefficient (Wildman–Crippen LogP) is 1.08. The van der Waals surface area contributed by atoms with Crippen molar-refractivity contribution < 1.29 is 5.11 Å². The molecule has 2 rings (SSSR count). The summed E-state index contributed by atoms with van der Waals surface area (Å²) in [6.45, 7) is 9.04. The number of aliphatic hydroxyl groups excluding tert-OH is 1. The average Bonchev–Trinajstić information content (AvgIpc) is 2.21. The molecule has 3 nitrogen and oxygen atoms in total. The summed E-state index contributed by atoms with van der Waals surface area (Å²) in [4.78, 5) is 2.41. The quantitative estimate of drug-likeness (QED) is 0.739. The summed E-state index contributed by atoms with van der Waals surface area (Å²) in [7, 11) is 2.20. The summed E-state index contributed by atoms with van der Waals surface area (Å²) in [6, 6.07) is 1.13. The molecule has 1 aliphatic carbocycles. The molecular formula is C13H26N2O. The largest absolute Gasteiger partial charge is 0.392 e. The first-order chi connectivity index (χ1) is 7.41. The Morgan fingerprint density at radius 2 is 2.06 bits per heavy atom. The Bertz CT molecular complexity index is 254. The van der Waals surface area contributed by atoms with Gasteiger partial charge in [-0.3, -0.25) is 0 Å². The Hall–Kier alpha value is -0.120. The number of hydrogen-bond donors (Lipinski definition) is 2. The van der Waals surface area contributed by atoms with E-state index in [0.717, 1.165) is 6.42 Å². The normalized spacial score (nSPS) is 44.1. The number of nitrogens with one attached hydrogen (secondary N) is 1. The Kier molecular flexibility index (Phi) is 3.30. The third kappa shape index (κ3) is 2.13. The van der Waals surface area contributed by atoms with Crippen LogP contribution in [0.4, 0.5) is 0 Å². The zero-order valence-electron chi connectivity index (χ0n) is 11.0. The van der Waals surface area contributed by atoms with Crippen LogP contribution in [0, 0.1) is 11.3 Å². The molecule has 0 bridgehead atoms. The van der Waals surface area contributed by atoms with Crippen molar-refractivity contribution in [3.05, 3.63) is 0 Å². The number of rotatable bonds is 2. The highest BCUT2D eigenvalue weighted by atomic mass is 16.3. The molecule has 0 amide bonds. The van der Waals surface area contributed by atoms with Crippen molar-refractivity contribution in [1.29, 1.82) is 0 Å². The van der Waals surface area contributed by atoms with Gasteiger partial charge in [-0.05, 0) is 32.4 Å². The van der Waals surface area contributed by atoms with Crippen LogP contribution < -0.4 is 5.32 Å². The first-order valence-corrected chi connectivity index (χ1v) is 6.54. The maximum Gasteiger partial charge on any atom is 0.0621 e. The van der Waals surface area contributed by atoms with Crippen LogP contribution in [-0.2, 0) is 0 Å². The van der Waals surface area contributed by atoms with E-state index in [9.17, 15) is 5.11 Å². The van der Waals surface area contributed by atoms with E-state index < -0.39 is 0 Å². The zero-order chi connectivity index (χ0) is 11.9. The first-order valence-electron chi connectivity index (χ1n) is 6.54. The number of hydrogen-bond acceptors (Lipinski definition) is 3. The van der Waals surface area contributed by atoms with Gasteiger partial charge in [-0.15, -0.1) is 0 Å². The summed E-state index contributed by atoms with van der Waals surface area (Å²) in [6.07, 6.45) is 2.04. The van der Waals surface area contributed by atoms with Crippen LogP contribution in [-0.4, -0.2) is 48.3 Å². The molecular weight excluding hydrogens is 200 g/mol. The monoisotopic (exact) mass is 226 g/mol. The Morgan fingerprint density at radius 1 is 1.38 bits per heavy atom. The molecule has 2 N–H and O–H groups in total. The molecule has 16 heavy (non-hydrogen) atoms. The molecule has 0 radical (unpaired) electrons. The average molecular weight is 226 g/mol. The van der Waals surface area contributed by atoms with Gasteiger partial charge in [0.25, 0.3) is 0 Å². The van der Waals surface area contributed by atoms with Gasteiger partial charge in [0.05, 0.1) is 6.10 Å². The van der Waals surface area contributed by atoms with Gasteiger partial charge in [-0.1, -0.05) is 20.8 Å². The lowest BCUT2D eigenvalue weighted by molar-refractivity contribution is -0.0798. The molecule has 0 aromatic heterocycles. The molecule has 3 heteroatoms. The van der Waals surface area contributed by atoms with Gasteiger partial charge in [0.15, 0.2) is 0 Å². The summed E-state index contributed by atoms with van der Waals surface area (Å²) >= 11 is 0. The van der Waals surface area contributed by atoms with Gasteiger partial charge in [0.1, 0.15) is 0 Å². The molecule has 0 spiro atoms. The second-order valence-electron chi connectivity index (χ2n) is 6.43. The van der Waals surface area contributed by atoms with Gasteiger partial charge in [-0.2, -0.15) is 0 Å². The molecule has 0 aromatic carbocycles. The molecule has 2 aliphatic rings. The second-order valence-corrected chi connectivity index (χ2v) is 6.43. The smallest absolute Gasteiger partial charge is 0.0621 e.